The number of nitrogens with one attached hydrogen (secondary N) is 2. The molecule has 20 heavy (non-hydrogen) atoms. The summed E-state index contributed by atoms with van der Waals surface area (Å²) in [6.07, 6.45) is 6.80. The molecule has 6 heteroatoms. The topological polar surface area (TPSA) is 78.1 Å². The Balaban J connectivity index is 1.51. The number of amides is 1. The van der Waals surface area contributed by atoms with E-state index in [0.29, 0.717) is 0 Å². The average molecular weight is 276 g/mol. The summed E-state index contributed by atoms with van der Waals surface area (Å²) in [6.45, 7) is 1.70. The standard InChI is InChI=1S/C14H20N4O2/c19-13-8-12(9-15-17-13)18-6-4-11(5-7-18)16-14(20)10-2-1-3-10/h8-11H,1-7H2,(H,16,20)(H,17,19). The molecule has 0 bridgehead atoms. The van der Waals surface area contributed by atoms with Gasteiger partial charge in [-0.25, -0.2) is 5.10 Å². The van der Waals surface area contributed by atoms with Crippen molar-refractivity contribution in [1.82, 2.24) is 15.5 Å². The summed E-state index contributed by atoms with van der Waals surface area (Å²) in [7, 11) is 0. The van der Waals surface area contributed by atoms with Crippen molar-refractivity contribution < 1.29 is 4.79 Å². The van der Waals surface area contributed by atoms with Crippen LogP contribution in [0, 0.1) is 5.92 Å². The molecule has 1 saturated carbocycles. The number of H-pyrrole nitrogens is 1. The van der Waals surface area contributed by atoms with E-state index in [1.165, 1.54) is 6.42 Å². The van der Waals surface area contributed by atoms with Gasteiger partial charge in [-0.1, -0.05) is 6.42 Å². The van der Waals surface area contributed by atoms with Crippen LogP contribution in [-0.4, -0.2) is 35.2 Å². The Morgan fingerprint density at radius 3 is 2.65 bits per heavy atom. The number of hydrogen-bond acceptors (Lipinski definition) is 4. The maximum absolute atomic E-state index is 11.9. The first-order valence-electron chi connectivity index (χ1n) is 7.32. The first-order valence-corrected chi connectivity index (χ1v) is 7.32. The van der Waals surface area contributed by atoms with Gasteiger partial charge >= 0.3 is 0 Å². The smallest absolute Gasteiger partial charge is 0.266 e. The number of rotatable bonds is 3. The summed E-state index contributed by atoms with van der Waals surface area (Å²) in [6, 6.07) is 1.84. The lowest BCUT2D eigenvalue weighted by Gasteiger charge is -2.35. The third-order valence-electron chi connectivity index (χ3n) is 4.33. The molecule has 0 spiro atoms. The minimum absolute atomic E-state index is 0.178. The number of piperidine rings is 1. The lowest BCUT2D eigenvalue weighted by molar-refractivity contribution is -0.128. The molecule has 3 rings (SSSR count). The predicted octanol–water partition coefficient (Wildman–Crippen LogP) is 0.655. The lowest BCUT2D eigenvalue weighted by Crippen LogP contribution is -2.47. The molecule has 2 aliphatic rings. The second-order valence-electron chi connectivity index (χ2n) is 5.70. The van der Waals surface area contributed by atoms with Gasteiger partial charge in [0.2, 0.25) is 5.91 Å². The molecule has 0 atom stereocenters. The molecular formula is C14H20N4O2. The molecule has 1 saturated heterocycles. The van der Waals surface area contributed by atoms with Crippen molar-refractivity contribution in [2.24, 2.45) is 5.92 Å². The van der Waals surface area contributed by atoms with E-state index in [1.807, 2.05) is 0 Å². The van der Waals surface area contributed by atoms with Gasteiger partial charge in [-0.15, -0.1) is 0 Å². The number of aromatic amines is 1. The second-order valence-corrected chi connectivity index (χ2v) is 5.70. The van der Waals surface area contributed by atoms with Gasteiger partial charge in [0.25, 0.3) is 5.56 Å². The number of aromatic nitrogens is 2. The van der Waals surface area contributed by atoms with E-state index in [1.54, 1.807) is 12.3 Å². The highest BCUT2D eigenvalue weighted by atomic mass is 16.2. The van der Waals surface area contributed by atoms with Crippen molar-refractivity contribution in [3.63, 3.8) is 0 Å². The minimum Gasteiger partial charge on any atom is -0.370 e. The fourth-order valence-corrected chi connectivity index (χ4v) is 2.81. The second kappa shape index (κ2) is 5.64. The van der Waals surface area contributed by atoms with Gasteiger partial charge in [0.15, 0.2) is 0 Å². The summed E-state index contributed by atoms with van der Waals surface area (Å²) >= 11 is 0. The summed E-state index contributed by atoms with van der Waals surface area (Å²) in [5.41, 5.74) is 0.681. The van der Waals surface area contributed by atoms with Gasteiger partial charge in [-0.3, -0.25) is 9.59 Å². The van der Waals surface area contributed by atoms with Crippen LogP contribution >= 0.6 is 0 Å². The highest BCUT2D eigenvalue weighted by Crippen LogP contribution is 2.27. The zero-order chi connectivity index (χ0) is 13.9. The number of nitrogens with zero attached hydrogens (tertiary/aromatic N) is 2. The van der Waals surface area contributed by atoms with Crippen LogP contribution < -0.4 is 15.8 Å². The molecule has 0 aromatic carbocycles. The minimum atomic E-state index is -0.178. The van der Waals surface area contributed by atoms with E-state index in [0.717, 1.165) is 44.5 Å². The van der Waals surface area contributed by atoms with Crippen molar-refractivity contribution >= 4 is 11.6 Å². The third-order valence-corrected chi connectivity index (χ3v) is 4.33. The molecule has 1 aromatic rings. The SMILES string of the molecule is O=C(NC1CCN(c2cn[nH]c(=O)c2)CC1)C1CCC1. The van der Waals surface area contributed by atoms with Gasteiger partial charge in [0, 0.05) is 31.1 Å². The normalized spacial score (nSPS) is 20.5. The first-order chi connectivity index (χ1) is 9.72. The largest absolute Gasteiger partial charge is 0.370 e. The molecule has 1 aliphatic heterocycles. The lowest BCUT2D eigenvalue weighted by atomic mass is 9.84. The molecule has 2 N–H and O–H groups in total. The van der Waals surface area contributed by atoms with E-state index >= 15 is 0 Å². The number of carbonyl (C=O) groups excluding carboxylic acids is 1. The fraction of sp³-hybridized carbons (Fsp3) is 0.643. The molecule has 108 valence electrons. The van der Waals surface area contributed by atoms with Crippen molar-refractivity contribution in [2.45, 2.75) is 38.1 Å². The van der Waals surface area contributed by atoms with Crippen LogP contribution in [0.1, 0.15) is 32.1 Å². The Morgan fingerprint density at radius 1 is 1.30 bits per heavy atom. The van der Waals surface area contributed by atoms with Crippen LogP contribution in [0.15, 0.2) is 17.1 Å². The Bertz CT molecular complexity index is 530. The molecule has 1 aromatic heterocycles. The van der Waals surface area contributed by atoms with Gasteiger partial charge in [-0.2, -0.15) is 5.10 Å². The van der Waals surface area contributed by atoms with E-state index in [-0.39, 0.29) is 23.4 Å². The van der Waals surface area contributed by atoms with Gasteiger partial charge < -0.3 is 10.2 Å². The van der Waals surface area contributed by atoms with Gasteiger partial charge in [0.05, 0.1) is 11.9 Å². The number of carbonyl (C=O) groups is 1. The Hall–Kier alpha value is -1.85. The van der Waals surface area contributed by atoms with E-state index < -0.39 is 0 Å². The highest BCUT2D eigenvalue weighted by Gasteiger charge is 2.28. The van der Waals surface area contributed by atoms with Crippen LogP contribution in [-0.2, 0) is 4.79 Å². The molecule has 1 aliphatic carbocycles. The van der Waals surface area contributed by atoms with Gasteiger partial charge in [0.1, 0.15) is 0 Å². The van der Waals surface area contributed by atoms with E-state index in [2.05, 4.69) is 20.4 Å². The van der Waals surface area contributed by atoms with Gasteiger partial charge in [-0.05, 0) is 25.7 Å². The van der Waals surface area contributed by atoms with Crippen molar-refractivity contribution in [1.29, 1.82) is 0 Å². The van der Waals surface area contributed by atoms with Crippen molar-refractivity contribution in [2.75, 3.05) is 18.0 Å². The zero-order valence-electron chi connectivity index (χ0n) is 11.5. The van der Waals surface area contributed by atoms with Crippen LogP contribution in [0.25, 0.3) is 0 Å². The summed E-state index contributed by atoms with van der Waals surface area (Å²) in [5, 5.41) is 9.36. The molecule has 0 radical (unpaired) electrons. The molecule has 6 nitrogen and oxygen atoms in total. The maximum Gasteiger partial charge on any atom is 0.266 e. The monoisotopic (exact) mass is 276 g/mol. The number of hydrogen-bond donors (Lipinski definition) is 2. The summed E-state index contributed by atoms with van der Waals surface area (Å²) in [4.78, 5) is 25.3. The van der Waals surface area contributed by atoms with E-state index in [9.17, 15) is 9.59 Å². The maximum atomic E-state index is 11.9. The van der Waals surface area contributed by atoms with Crippen LogP contribution in [0.2, 0.25) is 0 Å². The Morgan fingerprint density at radius 2 is 2.05 bits per heavy atom. The summed E-state index contributed by atoms with van der Waals surface area (Å²) < 4.78 is 0. The Kier molecular flexibility index (Phi) is 3.71. The van der Waals surface area contributed by atoms with Crippen molar-refractivity contribution in [3.8, 4) is 0 Å². The van der Waals surface area contributed by atoms with E-state index in [4.69, 9.17) is 0 Å². The summed E-state index contributed by atoms with van der Waals surface area (Å²) in [5.74, 6) is 0.484. The molecule has 2 fully saturated rings. The molecule has 2 heterocycles. The average Bonchev–Trinajstić information content (AvgIpc) is 2.37. The number of anilines is 1. The fourth-order valence-electron chi connectivity index (χ4n) is 2.81. The quantitative estimate of drug-likeness (QED) is 0.850. The van der Waals surface area contributed by atoms with Crippen LogP contribution in [0.3, 0.4) is 0 Å². The molecule has 1 amide bonds. The Labute approximate surface area is 117 Å². The van der Waals surface area contributed by atoms with Crippen LogP contribution in [0.4, 0.5) is 5.69 Å². The first kappa shape index (κ1) is 13.1. The van der Waals surface area contributed by atoms with Crippen LogP contribution in [0.5, 0.6) is 0 Å². The third kappa shape index (κ3) is 2.84. The zero-order valence-corrected chi connectivity index (χ0v) is 11.5. The highest BCUT2D eigenvalue weighted by molar-refractivity contribution is 5.79. The molecule has 0 unspecified atom stereocenters. The predicted molar refractivity (Wildman–Crippen MR) is 75.6 cm³/mol. The van der Waals surface area contributed by atoms with Crippen molar-refractivity contribution in [3.05, 3.63) is 22.6 Å². The molecular weight excluding hydrogens is 256 g/mol.